The van der Waals surface area contributed by atoms with E-state index < -0.39 is 5.54 Å². The number of likely N-dealkylation sites (N-methyl/N-ethyl adjacent to an activating group) is 1. The highest BCUT2D eigenvalue weighted by molar-refractivity contribution is 5.75. The Kier molecular flexibility index (Phi) is 7.51. The van der Waals surface area contributed by atoms with Crippen molar-refractivity contribution in [1.82, 2.24) is 30.1 Å². The van der Waals surface area contributed by atoms with Gasteiger partial charge in [-0.3, -0.25) is 0 Å². The molecule has 8 heteroatoms. The Labute approximate surface area is 175 Å². The van der Waals surface area contributed by atoms with Crippen molar-refractivity contribution in [3.63, 3.8) is 0 Å². The van der Waals surface area contributed by atoms with Crippen LogP contribution in [0.2, 0.25) is 0 Å². The fraction of sp³-hybridized carbons (Fsp3) is 0.857. The van der Waals surface area contributed by atoms with Crippen molar-refractivity contribution >= 4 is 6.03 Å². The third-order valence-electron chi connectivity index (χ3n) is 6.81. The second kappa shape index (κ2) is 9.89. The Balaban J connectivity index is 1.78. The molecule has 3 N–H and O–H groups in total. The second-order valence-corrected chi connectivity index (χ2v) is 9.05. The van der Waals surface area contributed by atoms with Crippen LogP contribution in [0.1, 0.15) is 77.1 Å². The molecule has 0 bridgehead atoms. The van der Waals surface area contributed by atoms with Gasteiger partial charge >= 0.3 is 6.03 Å². The van der Waals surface area contributed by atoms with Crippen LogP contribution in [0.25, 0.3) is 0 Å². The summed E-state index contributed by atoms with van der Waals surface area (Å²) in [5, 5.41) is 12.2. The minimum atomic E-state index is -0.524. The van der Waals surface area contributed by atoms with Crippen LogP contribution in [-0.2, 0) is 5.54 Å². The van der Waals surface area contributed by atoms with Gasteiger partial charge in [0.2, 0.25) is 0 Å². The summed E-state index contributed by atoms with van der Waals surface area (Å²) in [5.74, 6) is 0.365. The molecule has 1 aromatic heterocycles. The number of rotatable bonds is 7. The summed E-state index contributed by atoms with van der Waals surface area (Å²) in [7, 11) is 2.10. The Morgan fingerprint density at radius 1 is 1.28 bits per heavy atom. The lowest BCUT2D eigenvalue weighted by Gasteiger charge is -2.41. The van der Waals surface area contributed by atoms with E-state index in [1.54, 1.807) is 4.68 Å². The summed E-state index contributed by atoms with van der Waals surface area (Å²) in [6.45, 7) is 7.64. The summed E-state index contributed by atoms with van der Waals surface area (Å²) in [4.78, 5) is 17.3. The molecule has 2 heterocycles. The molecule has 0 unspecified atom stereocenters. The van der Waals surface area contributed by atoms with Crippen molar-refractivity contribution in [2.45, 2.75) is 76.9 Å². The summed E-state index contributed by atoms with van der Waals surface area (Å²) < 4.78 is 1.77. The van der Waals surface area contributed by atoms with Crippen molar-refractivity contribution in [3.8, 4) is 0 Å². The first-order valence-electron chi connectivity index (χ1n) is 11.4. The topological polar surface area (TPSA) is 92.3 Å². The fourth-order valence-electron chi connectivity index (χ4n) is 4.59. The van der Waals surface area contributed by atoms with E-state index in [4.69, 9.17) is 5.73 Å². The summed E-state index contributed by atoms with van der Waals surface area (Å²) >= 11 is 0. The molecule has 2 fully saturated rings. The second-order valence-electron chi connectivity index (χ2n) is 9.05. The maximum Gasteiger partial charge on any atom is 0.318 e. The van der Waals surface area contributed by atoms with Crippen molar-refractivity contribution < 1.29 is 4.79 Å². The molecule has 2 amide bonds. The minimum Gasteiger partial charge on any atom is -0.327 e. The maximum atomic E-state index is 13.1. The van der Waals surface area contributed by atoms with E-state index in [1.165, 1.54) is 19.3 Å². The number of carbonyl (C=O) groups excluding carboxylic acids is 1. The van der Waals surface area contributed by atoms with Crippen LogP contribution in [0.4, 0.5) is 4.79 Å². The predicted molar refractivity (Wildman–Crippen MR) is 114 cm³/mol. The van der Waals surface area contributed by atoms with Gasteiger partial charge in [-0.25, -0.2) is 9.48 Å². The highest BCUT2D eigenvalue weighted by Gasteiger charge is 2.41. The molecule has 3 rings (SSSR count). The zero-order valence-corrected chi connectivity index (χ0v) is 18.4. The number of hydrogen-bond donors (Lipinski definition) is 2. The molecule has 1 aliphatic heterocycles. The van der Waals surface area contributed by atoms with Gasteiger partial charge < -0.3 is 20.9 Å². The van der Waals surface area contributed by atoms with Gasteiger partial charge in [-0.2, -0.15) is 0 Å². The first-order chi connectivity index (χ1) is 13.9. The Hall–Kier alpha value is -1.67. The van der Waals surface area contributed by atoms with Gasteiger partial charge in [0, 0.05) is 26.2 Å². The molecule has 1 aromatic rings. The first-order valence-corrected chi connectivity index (χ1v) is 11.4. The Bertz CT molecular complexity index is 649. The summed E-state index contributed by atoms with van der Waals surface area (Å²) in [5.41, 5.74) is 6.62. The van der Waals surface area contributed by atoms with Crippen molar-refractivity contribution in [1.29, 1.82) is 0 Å². The number of carbonyl (C=O) groups is 1. The minimum absolute atomic E-state index is 0.0102. The quantitative estimate of drug-likeness (QED) is 0.728. The maximum absolute atomic E-state index is 13.1. The molecular weight excluding hydrogens is 366 g/mol. The lowest BCUT2D eigenvalue weighted by Crippen LogP contribution is -2.57. The van der Waals surface area contributed by atoms with Crippen LogP contribution in [0.15, 0.2) is 6.20 Å². The molecule has 8 nitrogen and oxygen atoms in total. The number of unbranched alkanes of at least 4 members (excludes halogenated alkanes) is 1. The van der Waals surface area contributed by atoms with E-state index in [2.05, 4.69) is 41.4 Å². The van der Waals surface area contributed by atoms with Gasteiger partial charge in [-0.15, -0.1) is 5.10 Å². The molecule has 0 radical (unpaired) electrons. The van der Waals surface area contributed by atoms with E-state index >= 15 is 0 Å². The van der Waals surface area contributed by atoms with Crippen molar-refractivity contribution in [2.75, 3.05) is 33.2 Å². The van der Waals surface area contributed by atoms with Crippen molar-refractivity contribution in [2.24, 2.45) is 11.7 Å². The highest BCUT2D eigenvalue weighted by Crippen LogP contribution is 2.38. The Morgan fingerprint density at radius 3 is 2.62 bits per heavy atom. The van der Waals surface area contributed by atoms with Gasteiger partial charge in [0.05, 0.1) is 11.7 Å². The van der Waals surface area contributed by atoms with E-state index in [9.17, 15) is 4.79 Å². The summed E-state index contributed by atoms with van der Waals surface area (Å²) in [6, 6.07) is 0.0102. The van der Waals surface area contributed by atoms with E-state index in [1.807, 2.05) is 11.1 Å². The van der Waals surface area contributed by atoms with Gasteiger partial charge in [0.25, 0.3) is 0 Å². The Morgan fingerprint density at radius 2 is 1.97 bits per heavy atom. The van der Waals surface area contributed by atoms with Crippen LogP contribution in [0.3, 0.4) is 0 Å². The number of piperazine rings is 1. The molecule has 0 spiro atoms. The highest BCUT2D eigenvalue weighted by atomic mass is 16.2. The third-order valence-corrected chi connectivity index (χ3v) is 6.81. The number of nitrogens with zero attached hydrogens (tertiary/aromatic N) is 5. The molecule has 1 saturated heterocycles. The molecule has 0 aromatic carbocycles. The molecule has 2 aliphatic rings. The largest absolute Gasteiger partial charge is 0.327 e. The average molecular weight is 406 g/mol. The summed E-state index contributed by atoms with van der Waals surface area (Å²) in [6.07, 6.45) is 10.7. The number of urea groups is 1. The monoisotopic (exact) mass is 405 g/mol. The van der Waals surface area contributed by atoms with Gasteiger partial charge in [0.15, 0.2) is 0 Å². The standard InChI is InChI=1S/C21H39N7O/c1-4-5-11-19(22)28-16-18(24-25-28)21(2,17-9-7-6-8-10-17)23-20(29)27-14-12-26(3)13-15-27/h16-17,19H,4-15,22H2,1-3H3,(H,23,29)/t19-,21-/m0/s1. The molecule has 1 aliphatic carbocycles. The normalized spacial score (nSPS) is 22.3. The number of nitrogens with one attached hydrogen (secondary N) is 1. The van der Waals surface area contributed by atoms with Crippen LogP contribution >= 0.6 is 0 Å². The fourth-order valence-corrected chi connectivity index (χ4v) is 4.59. The number of nitrogens with two attached hydrogens (primary N) is 1. The van der Waals surface area contributed by atoms with Crippen LogP contribution in [-0.4, -0.2) is 64.1 Å². The number of aromatic nitrogens is 3. The zero-order chi connectivity index (χ0) is 20.9. The SMILES string of the molecule is CCCC[C@@H](N)n1cc([C@@](C)(NC(=O)N2CCN(C)CC2)C2CCCCC2)nn1. The van der Waals surface area contributed by atoms with Crippen LogP contribution in [0.5, 0.6) is 0 Å². The predicted octanol–water partition coefficient (Wildman–Crippen LogP) is 2.68. The molecular formula is C21H39N7O. The molecule has 29 heavy (non-hydrogen) atoms. The van der Waals surface area contributed by atoms with Crippen LogP contribution < -0.4 is 11.1 Å². The lowest BCUT2D eigenvalue weighted by atomic mass is 9.74. The zero-order valence-electron chi connectivity index (χ0n) is 18.4. The third kappa shape index (κ3) is 5.28. The number of hydrogen-bond acceptors (Lipinski definition) is 5. The van der Waals surface area contributed by atoms with Crippen molar-refractivity contribution in [3.05, 3.63) is 11.9 Å². The molecule has 164 valence electrons. The van der Waals surface area contributed by atoms with Gasteiger partial charge in [-0.1, -0.05) is 44.2 Å². The lowest BCUT2D eigenvalue weighted by molar-refractivity contribution is 0.125. The van der Waals surface area contributed by atoms with E-state index in [0.29, 0.717) is 5.92 Å². The van der Waals surface area contributed by atoms with Gasteiger partial charge in [-0.05, 0) is 39.2 Å². The van der Waals surface area contributed by atoms with Gasteiger partial charge in [0.1, 0.15) is 11.9 Å². The molecule has 2 atom stereocenters. The van der Waals surface area contributed by atoms with E-state index in [-0.39, 0.29) is 12.2 Å². The number of amides is 2. The average Bonchev–Trinajstić information content (AvgIpc) is 3.24. The first kappa shape index (κ1) is 22.0. The van der Waals surface area contributed by atoms with E-state index in [0.717, 1.165) is 64.0 Å². The van der Waals surface area contributed by atoms with Crippen LogP contribution in [0, 0.1) is 5.92 Å². The molecule has 1 saturated carbocycles. The smallest absolute Gasteiger partial charge is 0.318 e.